The predicted molar refractivity (Wildman–Crippen MR) is 107 cm³/mol. The van der Waals surface area contributed by atoms with Crippen molar-refractivity contribution in [3.8, 4) is 0 Å². The largest absolute Gasteiger partial charge is 0.461 e. The molecule has 0 aliphatic heterocycles. The summed E-state index contributed by atoms with van der Waals surface area (Å²) in [5.74, 6) is -1.09. The Morgan fingerprint density at radius 1 is 1.25 bits per heavy atom. The molecule has 1 aromatic heterocycles. The summed E-state index contributed by atoms with van der Waals surface area (Å²) in [5.41, 5.74) is 0.250. The number of benzene rings is 1. The van der Waals surface area contributed by atoms with Crippen LogP contribution in [0.2, 0.25) is 0 Å². The molecule has 10 heteroatoms. The molecule has 0 radical (unpaired) electrons. The number of aryl methyl sites for hydroxylation is 1. The molecule has 0 spiro atoms. The van der Waals surface area contributed by atoms with E-state index in [1.807, 2.05) is 0 Å². The van der Waals surface area contributed by atoms with Crippen molar-refractivity contribution < 1.29 is 22.7 Å². The van der Waals surface area contributed by atoms with Gasteiger partial charge in [-0.15, -0.1) is 11.3 Å². The van der Waals surface area contributed by atoms with Gasteiger partial charge in [0.05, 0.1) is 11.5 Å². The van der Waals surface area contributed by atoms with Gasteiger partial charge < -0.3 is 4.74 Å². The number of rotatable bonds is 6. The first-order valence-corrected chi connectivity index (χ1v) is 10.9. The molecule has 2 rings (SSSR count). The number of ether oxygens (including phenoxy) is 1. The van der Waals surface area contributed by atoms with E-state index < -0.39 is 27.4 Å². The molecule has 1 aromatic carbocycles. The van der Waals surface area contributed by atoms with E-state index >= 15 is 0 Å². The molecule has 152 valence electrons. The minimum absolute atomic E-state index is 0.00970. The average Bonchev–Trinajstić information content (AvgIpc) is 3.01. The van der Waals surface area contributed by atoms with E-state index in [1.54, 1.807) is 40.7 Å². The van der Waals surface area contributed by atoms with E-state index in [9.17, 15) is 18.0 Å². The fourth-order valence-corrected chi connectivity index (χ4v) is 4.39. The van der Waals surface area contributed by atoms with Gasteiger partial charge in [0, 0.05) is 16.5 Å². The van der Waals surface area contributed by atoms with E-state index in [4.69, 9.17) is 4.74 Å². The first kappa shape index (κ1) is 22.0. The molecule has 0 saturated heterocycles. The molecule has 2 N–H and O–H groups in total. The van der Waals surface area contributed by atoms with E-state index in [2.05, 4.69) is 15.0 Å². The van der Waals surface area contributed by atoms with Crippen LogP contribution in [0.4, 0.5) is 5.13 Å². The molecule has 2 aromatic rings. The fourth-order valence-electron chi connectivity index (χ4n) is 2.27. The number of anilines is 1. The smallest absolute Gasteiger partial charge is 0.357 e. The Labute approximate surface area is 168 Å². The van der Waals surface area contributed by atoms with Crippen LogP contribution < -0.4 is 10.0 Å². The summed E-state index contributed by atoms with van der Waals surface area (Å²) >= 11 is 1.08. The van der Waals surface area contributed by atoms with Gasteiger partial charge in [-0.05, 0) is 52.3 Å². The van der Waals surface area contributed by atoms with Crippen molar-refractivity contribution in [3.63, 3.8) is 0 Å². The molecular formula is C18H23N3O5S2. The van der Waals surface area contributed by atoms with Gasteiger partial charge in [0.1, 0.15) is 0 Å². The van der Waals surface area contributed by atoms with Gasteiger partial charge in [0.2, 0.25) is 10.0 Å². The lowest BCUT2D eigenvalue weighted by molar-refractivity contribution is 0.0520. The summed E-state index contributed by atoms with van der Waals surface area (Å²) in [6.07, 6.45) is 0. The lowest BCUT2D eigenvalue weighted by Crippen LogP contribution is -2.40. The Balaban J connectivity index is 2.25. The van der Waals surface area contributed by atoms with Crippen molar-refractivity contribution in [2.45, 2.75) is 45.1 Å². The predicted octanol–water partition coefficient (Wildman–Crippen LogP) is 2.96. The summed E-state index contributed by atoms with van der Waals surface area (Å²) in [4.78, 5) is 28.3. The minimum Gasteiger partial charge on any atom is -0.461 e. The molecule has 0 aliphatic carbocycles. The fraction of sp³-hybridized carbons (Fsp3) is 0.389. The molecule has 1 heterocycles. The maximum atomic E-state index is 12.6. The SMILES string of the molecule is CCOC(=O)c1csc(NC(=O)c2cc(S(=O)(=O)NC(C)(C)C)ccc2C)n1. The van der Waals surface area contributed by atoms with Crippen LogP contribution in [0.15, 0.2) is 28.5 Å². The van der Waals surface area contributed by atoms with Crippen molar-refractivity contribution >= 4 is 38.4 Å². The number of amides is 1. The van der Waals surface area contributed by atoms with Gasteiger partial charge in [-0.3, -0.25) is 10.1 Å². The molecule has 0 saturated carbocycles. The van der Waals surface area contributed by atoms with E-state index in [0.29, 0.717) is 5.56 Å². The summed E-state index contributed by atoms with van der Waals surface area (Å²) in [5, 5.41) is 4.29. The first-order chi connectivity index (χ1) is 12.9. The van der Waals surface area contributed by atoms with Crippen molar-refractivity contribution in [1.29, 1.82) is 0 Å². The van der Waals surface area contributed by atoms with Gasteiger partial charge in [0.15, 0.2) is 10.8 Å². The summed E-state index contributed by atoms with van der Waals surface area (Å²) in [6, 6.07) is 4.33. The molecule has 8 nitrogen and oxygen atoms in total. The van der Waals surface area contributed by atoms with Crippen LogP contribution in [0.5, 0.6) is 0 Å². The van der Waals surface area contributed by atoms with Crippen LogP contribution in [0.3, 0.4) is 0 Å². The van der Waals surface area contributed by atoms with Crippen LogP contribution in [0.25, 0.3) is 0 Å². The quantitative estimate of drug-likeness (QED) is 0.688. The number of nitrogens with one attached hydrogen (secondary N) is 2. The second kappa shape index (κ2) is 8.38. The van der Waals surface area contributed by atoms with Gasteiger partial charge in [-0.25, -0.2) is 22.9 Å². The number of hydrogen-bond acceptors (Lipinski definition) is 7. The van der Waals surface area contributed by atoms with Gasteiger partial charge >= 0.3 is 5.97 Å². The number of sulfonamides is 1. The Morgan fingerprint density at radius 3 is 2.54 bits per heavy atom. The third-order valence-corrected chi connectivity index (χ3v) is 5.93. The van der Waals surface area contributed by atoms with E-state index in [1.165, 1.54) is 17.5 Å². The molecule has 0 fully saturated rings. The lowest BCUT2D eigenvalue weighted by atomic mass is 10.1. The minimum atomic E-state index is -3.78. The highest BCUT2D eigenvalue weighted by molar-refractivity contribution is 7.89. The highest BCUT2D eigenvalue weighted by Gasteiger charge is 2.24. The zero-order chi connectivity index (χ0) is 21.1. The zero-order valence-corrected chi connectivity index (χ0v) is 18.0. The Morgan fingerprint density at radius 2 is 1.93 bits per heavy atom. The van der Waals surface area contributed by atoms with Crippen LogP contribution in [0, 0.1) is 6.92 Å². The number of esters is 1. The van der Waals surface area contributed by atoms with Crippen molar-refractivity contribution in [2.75, 3.05) is 11.9 Å². The monoisotopic (exact) mass is 425 g/mol. The van der Waals surface area contributed by atoms with Crippen LogP contribution in [-0.2, 0) is 14.8 Å². The molecule has 0 bridgehead atoms. The van der Waals surface area contributed by atoms with Gasteiger partial charge in [-0.2, -0.15) is 0 Å². The highest BCUT2D eigenvalue weighted by Crippen LogP contribution is 2.21. The number of hydrogen-bond donors (Lipinski definition) is 2. The second-order valence-electron chi connectivity index (χ2n) is 7.04. The number of thiazole rings is 1. The van der Waals surface area contributed by atoms with Crippen molar-refractivity contribution in [1.82, 2.24) is 9.71 Å². The maximum absolute atomic E-state index is 12.6. The van der Waals surface area contributed by atoms with E-state index in [0.717, 1.165) is 11.3 Å². The number of nitrogens with zero attached hydrogens (tertiary/aromatic N) is 1. The lowest BCUT2D eigenvalue weighted by Gasteiger charge is -2.20. The Bertz CT molecular complexity index is 991. The standard InChI is InChI=1S/C18H23N3O5S2/c1-6-26-16(23)14-10-27-17(19-14)20-15(22)13-9-12(8-7-11(13)2)28(24,25)21-18(3,4)5/h7-10,21H,6H2,1-5H3,(H,19,20,22). The molecule has 0 unspecified atom stereocenters. The Hall–Kier alpha value is -2.30. The molecule has 28 heavy (non-hydrogen) atoms. The Kier molecular flexibility index (Phi) is 6.58. The summed E-state index contributed by atoms with van der Waals surface area (Å²) in [7, 11) is -3.78. The average molecular weight is 426 g/mol. The van der Waals surface area contributed by atoms with E-state index in [-0.39, 0.29) is 27.9 Å². The van der Waals surface area contributed by atoms with Crippen LogP contribution >= 0.6 is 11.3 Å². The first-order valence-electron chi connectivity index (χ1n) is 8.51. The molecule has 1 amide bonds. The third kappa shape index (κ3) is 5.60. The van der Waals surface area contributed by atoms with Crippen LogP contribution in [0.1, 0.15) is 54.1 Å². The molecule has 0 aliphatic rings. The number of carbonyl (C=O) groups is 2. The number of carbonyl (C=O) groups excluding carboxylic acids is 2. The van der Waals surface area contributed by atoms with Crippen molar-refractivity contribution in [3.05, 3.63) is 40.4 Å². The second-order valence-corrected chi connectivity index (χ2v) is 9.59. The normalized spacial score (nSPS) is 11.9. The maximum Gasteiger partial charge on any atom is 0.357 e. The molecular weight excluding hydrogens is 402 g/mol. The van der Waals surface area contributed by atoms with Crippen LogP contribution in [-0.4, -0.2) is 37.4 Å². The number of aromatic nitrogens is 1. The summed E-state index contributed by atoms with van der Waals surface area (Å²) < 4.78 is 32.5. The summed E-state index contributed by atoms with van der Waals surface area (Å²) in [6.45, 7) is 8.81. The molecule has 0 atom stereocenters. The highest BCUT2D eigenvalue weighted by atomic mass is 32.2. The zero-order valence-electron chi connectivity index (χ0n) is 16.3. The van der Waals surface area contributed by atoms with Gasteiger partial charge in [-0.1, -0.05) is 6.07 Å². The third-order valence-electron chi connectivity index (χ3n) is 3.41. The van der Waals surface area contributed by atoms with Gasteiger partial charge in [0.25, 0.3) is 5.91 Å². The topological polar surface area (TPSA) is 114 Å². The van der Waals surface area contributed by atoms with Crippen molar-refractivity contribution in [2.24, 2.45) is 0 Å².